The van der Waals surface area contributed by atoms with Gasteiger partial charge in [0.2, 0.25) is 5.91 Å². The molecular weight excluding hydrogens is 242 g/mol. The smallest absolute Gasteiger partial charge is 0.303 e. The van der Waals surface area contributed by atoms with Crippen molar-refractivity contribution >= 4 is 11.9 Å². The Bertz CT molecular complexity index is 271. The minimum Gasteiger partial charge on any atom is -0.481 e. The predicted octanol–water partition coefficient (Wildman–Crippen LogP) is 3.30. The maximum absolute atomic E-state index is 12.5. The number of rotatable bonds is 10. The summed E-state index contributed by atoms with van der Waals surface area (Å²) in [7, 11) is 0. The minimum atomic E-state index is -0.796. The first-order valence-electron chi connectivity index (χ1n) is 7.46. The summed E-state index contributed by atoms with van der Waals surface area (Å²) >= 11 is 0. The molecule has 0 saturated heterocycles. The van der Waals surface area contributed by atoms with Crippen LogP contribution in [0.2, 0.25) is 0 Å². The highest BCUT2D eigenvalue weighted by atomic mass is 16.4. The molecule has 0 spiro atoms. The van der Waals surface area contributed by atoms with E-state index in [-0.39, 0.29) is 24.3 Å². The van der Waals surface area contributed by atoms with Crippen LogP contribution >= 0.6 is 0 Å². The van der Waals surface area contributed by atoms with Gasteiger partial charge in [0.15, 0.2) is 0 Å². The van der Waals surface area contributed by atoms with Crippen molar-refractivity contribution in [1.82, 2.24) is 4.90 Å². The lowest BCUT2D eigenvalue weighted by molar-refractivity contribution is -0.140. The van der Waals surface area contributed by atoms with Crippen molar-refractivity contribution in [2.45, 2.75) is 72.3 Å². The highest BCUT2D eigenvalue weighted by Gasteiger charge is 2.24. The lowest BCUT2D eigenvalue weighted by atomic mass is 9.96. The Morgan fingerprint density at radius 1 is 1.11 bits per heavy atom. The molecule has 0 unspecified atom stereocenters. The van der Waals surface area contributed by atoms with E-state index in [1.165, 1.54) is 0 Å². The van der Waals surface area contributed by atoms with Crippen molar-refractivity contribution in [2.75, 3.05) is 6.54 Å². The molecule has 4 heteroatoms. The van der Waals surface area contributed by atoms with Gasteiger partial charge in [-0.2, -0.15) is 0 Å². The zero-order valence-electron chi connectivity index (χ0n) is 12.8. The standard InChI is InChI=1S/C15H29NO3/c1-5-8-13(9-6-2)15(19)16(12(3)4)11-7-10-14(17)18/h12-13H,5-11H2,1-4H3,(H,17,18). The third-order valence-electron chi connectivity index (χ3n) is 3.32. The lowest BCUT2D eigenvalue weighted by Crippen LogP contribution is -2.41. The van der Waals surface area contributed by atoms with Crippen LogP contribution in [-0.2, 0) is 9.59 Å². The summed E-state index contributed by atoms with van der Waals surface area (Å²) in [6.45, 7) is 8.73. The van der Waals surface area contributed by atoms with Crippen LogP contribution in [0.5, 0.6) is 0 Å². The van der Waals surface area contributed by atoms with E-state index in [4.69, 9.17) is 5.11 Å². The lowest BCUT2D eigenvalue weighted by Gasteiger charge is -2.30. The molecule has 0 heterocycles. The highest BCUT2D eigenvalue weighted by Crippen LogP contribution is 2.18. The third-order valence-corrected chi connectivity index (χ3v) is 3.32. The number of carbonyl (C=O) groups excluding carboxylic acids is 1. The van der Waals surface area contributed by atoms with E-state index in [1.54, 1.807) is 0 Å². The van der Waals surface area contributed by atoms with E-state index in [2.05, 4.69) is 13.8 Å². The second kappa shape index (κ2) is 9.82. The monoisotopic (exact) mass is 271 g/mol. The molecule has 0 rings (SSSR count). The summed E-state index contributed by atoms with van der Waals surface area (Å²) in [4.78, 5) is 24.9. The molecule has 0 bridgehead atoms. The number of carboxylic acid groups (broad SMARTS) is 1. The SMILES string of the molecule is CCCC(CCC)C(=O)N(CCCC(=O)O)C(C)C. The zero-order valence-corrected chi connectivity index (χ0v) is 12.8. The van der Waals surface area contributed by atoms with E-state index in [0.717, 1.165) is 25.7 Å². The molecule has 0 atom stereocenters. The van der Waals surface area contributed by atoms with E-state index >= 15 is 0 Å². The van der Waals surface area contributed by atoms with E-state index in [1.807, 2.05) is 18.7 Å². The van der Waals surface area contributed by atoms with Crippen LogP contribution in [-0.4, -0.2) is 34.5 Å². The molecule has 0 saturated carbocycles. The molecule has 0 aromatic rings. The first kappa shape index (κ1) is 17.9. The van der Waals surface area contributed by atoms with E-state index < -0.39 is 5.97 Å². The summed E-state index contributed by atoms with van der Waals surface area (Å²) in [5.74, 6) is -0.499. The molecule has 1 amide bonds. The van der Waals surface area contributed by atoms with E-state index in [9.17, 15) is 9.59 Å². The van der Waals surface area contributed by atoms with Gasteiger partial charge < -0.3 is 10.0 Å². The zero-order chi connectivity index (χ0) is 14.8. The maximum atomic E-state index is 12.5. The second-order valence-corrected chi connectivity index (χ2v) is 5.40. The summed E-state index contributed by atoms with van der Waals surface area (Å²) in [5.41, 5.74) is 0. The van der Waals surface area contributed by atoms with E-state index in [0.29, 0.717) is 13.0 Å². The molecule has 1 N–H and O–H groups in total. The van der Waals surface area contributed by atoms with Crippen LogP contribution < -0.4 is 0 Å². The Morgan fingerprint density at radius 3 is 2.00 bits per heavy atom. The average molecular weight is 271 g/mol. The molecule has 0 aliphatic rings. The van der Waals surface area contributed by atoms with Crippen LogP contribution in [0.25, 0.3) is 0 Å². The summed E-state index contributed by atoms with van der Waals surface area (Å²) in [6, 6.07) is 0.137. The second-order valence-electron chi connectivity index (χ2n) is 5.40. The number of hydrogen-bond donors (Lipinski definition) is 1. The number of amides is 1. The van der Waals surface area contributed by atoms with Crippen molar-refractivity contribution in [2.24, 2.45) is 5.92 Å². The summed E-state index contributed by atoms with van der Waals surface area (Å²) in [6.07, 6.45) is 4.53. The Labute approximate surface area is 117 Å². The molecule has 0 aliphatic carbocycles. The first-order valence-corrected chi connectivity index (χ1v) is 7.46. The molecule has 0 aromatic heterocycles. The van der Waals surface area contributed by atoms with Crippen molar-refractivity contribution < 1.29 is 14.7 Å². The maximum Gasteiger partial charge on any atom is 0.303 e. The van der Waals surface area contributed by atoms with Crippen molar-refractivity contribution in [3.8, 4) is 0 Å². The van der Waals surface area contributed by atoms with Crippen LogP contribution in [0.15, 0.2) is 0 Å². The number of carboxylic acids is 1. The molecule has 19 heavy (non-hydrogen) atoms. The van der Waals surface area contributed by atoms with Crippen LogP contribution in [0.1, 0.15) is 66.2 Å². The van der Waals surface area contributed by atoms with Gasteiger partial charge in [-0.15, -0.1) is 0 Å². The quantitative estimate of drug-likeness (QED) is 0.663. The largest absolute Gasteiger partial charge is 0.481 e. The fourth-order valence-corrected chi connectivity index (χ4v) is 2.35. The van der Waals surface area contributed by atoms with Gasteiger partial charge in [0.25, 0.3) is 0 Å². The number of nitrogens with zero attached hydrogens (tertiary/aromatic N) is 1. The molecule has 0 aromatic carbocycles. The third kappa shape index (κ3) is 7.19. The van der Waals surface area contributed by atoms with Gasteiger partial charge >= 0.3 is 5.97 Å². The van der Waals surface area contributed by atoms with Gasteiger partial charge in [0.05, 0.1) is 0 Å². The number of carbonyl (C=O) groups is 2. The van der Waals surface area contributed by atoms with Crippen LogP contribution in [0.4, 0.5) is 0 Å². The Kier molecular flexibility index (Phi) is 9.27. The topological polar surface area (TPSA) is 57.6 Å². The fourth-order valence-electron chi connectivity index (χ4n) is 2.35. The van der Waals surface area contributed by atoms with Crippen molar-refractivity contribution in [1.29, 1.82) is 0 Å². The minimum absolute atomic E-state index is 0.0993. The van der Waals surface area contributed by atoms with Gasteiger partial charge in [-0.05, 0) is 33.1 Å². The van der Waals surface area contributed by atoms with Crippen LogP contribution in [0, 0.1) is 5.92 Å². The Balaban J connectivity index is 4.55. The molecule has 0 fully saturated rings. The number of hydrogen-bond acceptors (Lipinski definition) is 2. The Morgan fingerprint density at radius 2 is 1.63 bits per heavy atom. The van der Waals surface area contributed by atoms with Gasteiger partial charge in [0.1, 0.15) is 0 Å². The van der Waals surface area contributed by atoms with Crippen molar-refractivity contribution in [3.63, 3.8) is 0 Å². The predicted molar refractivity (Wildman–Crippen MR) is 77.0 cm³/mol. The molecule has 0 radical (unpaired) electrons. The fraction of sp³-hybridized carbons (Fsp3) is 0.867. The highest BCUT2D eigenvalue weighted by molar-refractivity contribution is 5.79. The normalized spacial score (nSPS) is 11.1. The number of aliphatic carboxylic acids is 1. The van der Waals surface area contributed by atoms with Gasteiger partial charge in [-0.1, -0.05) is 26.7 Å². The van der Waals surface area contributed by atoms with Gasteiger partial charge in [-0.25, -0.2) is 0 Å². The van der Waals surface area contributed by atoms with Gasteiger partial charge in [0, 0.05) is 24.9 Å². The molecule has 4 nitrogen and oxygen atoms in total. The Hall–Kier alpha value is -1.06. The molecular formula is C15H29NO3. The van der Waals surface area contributed by atoms with Crippen molar-refractivity contribution in [3.05, 3.63) is 0 Å². The van der Waals surface area contributed by atoms with Gasteiger partial charge in [-0.3, -0.25) is 9.59 Å². The first-order chi connectivity index (χ1) is 8.93. The molecule has 112 valence electrons. The molecule has 0 aliphatic heterocycles. The summed E-state index contributed by atoms with van der Waals surface area (Å²) in [5, 5.41) is 8.68. The average Bonchev–Trinajstić information content (AvgIpc) is 2.33. The van der Waals surface area contributed by atoms with Crippen LogP contribution in [0.3, 0.4) is 0 Å². The summed E-state index contributed by atoms with van der Waals surface area (Å²) < 4.78 is 0.